The van der Waals surface area contributed by atoms with Gasteiger partial charge in [0.05, 0.1) is 25.5 Å². The van der Waals surface area contributed by atoms with Crippen LogP contribution >= 0.6 is 0 Å². The molecule has 0 aromatic heterocycles. The quantitative estimate of drug-likeness (QED) is 0.576. The maximum Gasteiger partial charge on any atom is 0.282 e. The van der Waals surface area contributed by atoms with Gasteiger partial charge < -0.3 is 14.8 Å². The van der Waals surface area contributed by atoms with Crippen LogP contribution < -0.4 is 19.7 Å². The molecule has 3 aromatic carbocycles. The zero-order valence-electron chi connectivity index (χ0n) is 18.4. The fraction of sp³-hybridized carbons (Fsp3) is 0.154. The van der Waals surface area contributed by atoms with Gasteiger partial charge in [0.25, 0.3) is 11.8 Å². The normalized spacial score (nSPS) is 13.6. The molecule has 6 heteroatoms. The fourth-order valence-electron chi connectivity index (χ4n) is 3.57. The topological polar surface area (TPSA) is 67.9 Å². The van der Waals surface area contributed by atoms with Gasteiger partial charge in [-0.1, -0.05) is 47.5 Å². The molecule has 1 heterocycles. The molecule has 0 spiro atoms. The fourth-order valence-corrected chi connectivity index (χ4v) is 3.57. The molecule has 3 aromatic rings. The Hall–Kier alpha value is -4.06. The number of methoxy groups -OCH3 is 2. The third kappa shape index (κ3) is 3.95. The van der Waals surface area contributed by atoms with Crippen molar-refractivity contribution >= 4 is 28.8 Å². The van der Waals surface area contributed by atoms with Crippen LogP contribution in [0.2, 0.25) is 0 Å². The molecule has 1 N–H and O–H groups in total. The van der Waals surface area contributed by atoms with E-state index in [1.54, 1.807) is 18.2 Å². The average molecular weight is 428 g/mol. The number of carbonyl (C=O) groups excluding carboxylic acids is 2. The highest BCUT2D eigenvalue weighted by molar-refractivity contribution is 6.46. The number of nitrogens with one attached hydrogen (secondary N) is 1. The van der Waals surface area contributed by atoms with Gasteiger partial charge in [-0.2, -0.15) is 0 Å². The number of hydrogen-bond acceptors (Lipinski definition) is 5. The van der Waals surface area contributed by atoms with Gasteiger partial charge in [0.1, 0.15) is 17.2 Å². The van der Waals surface area contributed by atoms with Crippen molar-refractivity contribution in [1.29, 1.82) is 0 Å². The standard InChI is InChI=1S/C26H24N2O4/c1-16-5-9-18(10-6-16)23-24(27-19-11-7-17(2)8-12-19)26(30)28(25(23)29)20-13-21(31-3)15-22(14-20)32-4/h5-15,27H,1-4H3. The van der Waals surface area contributed by atoms with E-state index < -0.39 is 11.8 Å². The largest absolute Gasteiger partial charge is 0.497 e. The predicted molar refractivity (Wildman–Crippen MR) is 125 cm³/mol. The molecule has 0 radical (unpaired) electrons. The zero-order chi connectivity index (χ0) is 22.8. The number of amides is 2. The molecule has 32 heavy (non-hydrogen) atoms. The van der Waals surface area contributed by atoms with Crippen molar-refractivity contribution in [3.63, 3.8) is 0 Å². The Morgan fingerprint density at radius 3 is 1.78 bits per heavy atom. The Morgan fingerprint density at radius 2 is 1.25 bits per heavy atom. The number of nitrogens with zero attached hydrogens (tertiary/aromatic N) is 1. The minimum atomic E-state index is -0.443. The van der Waals surface area contributed by atoms with Gasteiger partial charge in [-0.15, -0.1) is 0 Å². The number of rotatable bonds is 6. The Balaban J connectivity index is 1.82. The number of aryl methyl sites for hydroxylation is 2. The summed E-state index contributed by atoms with van der Waals surface area (Å²) < 4.78 is 10.7. The number of anilines is 2. The van der Waals surface area contributed by atoms with Gasteiger partial charge in [-0.05, 0) is 31.5 Å². The van der Waals surface area contributed by atoms with Crippen molar-refractivity contribution in [2.24, 2.45) is 0 Å². The van der Waals surface area contributed by atoms with Crippen LogP contribution in [0.1, 0.15) is 16.7 Å². The van der Waals surface area contributed by atoms with Gasteiger partial charge in [0.2, 0.25) is 0 Å². The highest BCUT2D eigenvalue weighted by Gasteiger charge is 2.40. The minimum Gasteiger partial charge on any atom is -0.497 e. The zero-order valence-corrected chi connectivity index (χ0v) is 18.4. The summed E-state index contributed by atoms with van der Waals surface area (Å²) >= 11 is 0. The molecule has 0 saturated carbocycles. The summed E-state index contributed by atoms with van der Waals surface area (Å²) in [4.78, 5) is 28.3. The lowest BCUT2D eigenvalue weighted by molar-refractivity contribution is -0.120. The second-order valence-corrected chi connectivity index (χ2v) is 7.62. The second kappa shape index (κ2) is 8.59. The van der Waals surface area contributed by atoms with Crippen LogP contribution in [0, 0.1) is 13.8 Å². The van der Waals surface area contributed by atoms with Crippen molar-refractivity contribution in [1.82, 2.24) is 0 Å². The van der Waals surface area contributed by atoms with Gasteiger partial charge in [-0.3, -0.25) is 9.59 Å². The summed E-state index contributed by atoms with van der Waals surface area (Å²) in [7, 11) is 3.04. The third-order valence-corrected chi connectivity index (χ3v) is 5.34. The van der Waals surface area contributed by atoms with E-state index in [0.29, 0.717) is 28.3 Å². The van der Waals surface area contributed by atoms with E-state index in [0.717, 1.165) is 21.7 Å². The third-order valence-electron chi connectivity index (χ3n) is 5.34. The van der Waals surface area contributed by atoms with E-state index in [1.165, 1.54) is 14.2 Å². The van der Waals surface area contributed by atoms with E-state index in [4.69, 9.17) is 9.47 Å². The van der Waals surface area contributed by atoms with E-state index in [9.17, 15) is 9.59 Å². The Labute approximate surface area is 187 Å². The molecule has 0 unspecified atom stereocenters. The molecule has 6 nitrogen and oxygen atoms in total. The Bertz CT molecular complexity index is 1190. The van der Waals surface area contributed by atoms with Crippen molar-refractivity contribution in [3.05, 3.63) is 89.1 Å². The lowest BCUT2D eigenvalue weighted by atomic mass is 10.0. The minimum absolute atomic E-state index is 0.226. The molecule has 0 atom stereocenters. The smallest absolute Gasteiger partial charge is 0.282 e. The van der Waals surface area contributed by atoms with Gasteiger partial charge in [-0.25, -0.2) is 4.90 Å². The van der Waals surface area contributed by atoms with Crippen LogP contribution in [0.15, 0.2) is 72.4 Å². The number of carbonyl (C=O) groups is 2. The molecule has 0 bridgehead atoms. The molecule has 0 aliphatic carbocycles. The van der Waals surface area contributed by atoms with E-state index >= 15 is 0 Å². The number of ether oxygens (including phenoxy) is 2. The number of benzene rings is 3. The molecule has 0 saturated heterocycles. The van der Waals surface area contributed by atoms with E-state index in [1.807, 2.05) is 62.4 Å². The van der Waals surface area contributed by atoms with Crippen LogP contribution in [0.5, 0.6) is 11.5 Å². The van der Waals surface area contributed by atoms with E-state index in [-0.39, 0.29) is 5.70 Å². The summed E-state index contributed by atoms with van der Waals surface area (Å²) in [6, 6.07) is 20.1. The predicted octanol–water partition coefficient (Wildman–Crippen LogP) is 4.72. The highest BCUT2D eigenvalue weighted by atomic mass is 16.5. The summed E-state index contributed by atoms with van der Waals surface area (Å²) in [6.45, 7) is 3.96. The lowest BCUT2D eigenvalue weighted by Gasteiger charge is -2.17. The molecular weight excluding hydrogens is 404 g/mol. The monoisotopic (exact) mass is 428 g/mol. The van der Waals surface area contributed by atoms with Crippen molar-refractivity contribution < 1.29 is 19.1 Å². The second-order valence-electron chi connectivity index (χ2n) is 7.62. The molecule has 1 aliphatic heterocycles. The van der Waals surface area contributed by atoms with Crippen LogP contribution in [-0.2, 0) is 9.59 Å². The average Bonchev–Trinajstić information content (AvgIpc) is 3.04. The van der Waals surface area contributed by atoms with Crippen molar-refractivity contribution in [2.45, 2.75) is 13.8 Å². The van der Waals surface area contributed by atoms with Gasteiger partial charge in [0, 0.05) is 23.9 Å². The van der Waals surface area contributed by atoms with Crippen LogP contribution in [-0.4, -0.2) is 26.0 Å². The molecule has 0 fully saturated rings. The highest BCUT2D eigenvalue weighted by Crippen LogP contribution is 2.37. The molecule has 4 rings (SSSR count). The molecule has 1 aliphatic rings. The van der Waals surface area contributed by atoms with Crippen LogP contribution in [0.3, 0.4) is 0 Å². The first-order valence-corrected chi connectivity index (χ1v) is 10.2. The Morgan fingerprint density at radius 1 is 0.719 bits per heavy atom. The van der Waals surface area contributed by atoms with Crippen molar-refractivity contribution in [2.75, 3.05) is 24.4 Å². The van der Waals surface area contributed by atoms with Gasteiger partial charge in [0.15, 0.2) is 0 Å². The number of imide groups is 1. The van der Waals surface area contributed by atoms with Crippen molar-refractivity contribution in [3.8, 4) is 11.5 Å². The SMILES string of the molecule is COc1cc(OC)cc(N2C(=O)C(Nc3ccc(C)cc3)=C(c3ccc(C)cc3)C2=O)c1. The van der Waals surface area contributed by atoms with Crippen LogP contribution in [0.25, 0.3) is 5.57 Å². The van der Waals surface area contributed by atoms with Gasteiger partial charge >= 0.3 is 0 Å². The summed E-state index contributed by atoms with van der Waals surface area (Å²) in [5.41, 5.74) is 4.47. The maximum atomic E-state index is 13.6. The number of hydrogen-bond donors (Lipinski definition) is 1. The lowest BCUT2D eigenvalue weighted by Crippen LogP contribution is -2.32. The molecular formula is C26H24N2O4. The first-order valence-electron chi connectivity index (χ1n) is 10.2. The molecule has 2 amide bonds. The maximum absolute atomic E-state index is 13.6. The van der Waals surface area contributed by atoms with Crippen LogP contribution in [0.4, 0.5) is 11.4 Å². The molecule has 162 valence electrons. The Kier molecular flexibility index (Phi) is 5.69. The summed E-state index contributed by atoms with van der Waals surface area (Å²) in [5, 5.41) is 3.17. The first kappa shape index (κ1) is 21.2. The first-order chi connectivity index (χ1) is 15.4. The summed E-state index contributed by atoms with van der Waals surface area (Å²) in [5.74, 6) is 0.110. The summed E-state index contributed by atoms with van der Waals surface area (Å²) in [6.07, 6.45) is 0. The van der Waals surface area contributed by atoms with E-state index in [2.05, 4.69) is 5.32 Å².